The lowest BCUT2D eigenvalue weighted by Crippen LogP contribution is -2.20. The molecule has 18 heavy (non-hydrogen) atoms. The highest BCUT2D eigenvalue weighted by Crippen LogP contribution is 2.19. The van der Waals surface area contributed by atoms with E-state index in [1.807, 2.05) is 30.3 Å². The number of rotatable bonds is 4. The van der Waals surface area contributed by atoms with E-state index in [2.05, 4.69) is 10.9 Å². The molecule has 0 radical (unpaired) electrons. The number of para-hydroxylation sites is 1. The molecule has 2 aromatic carbocycles. The van der Waals surface area contributed by atoms with Crippen molar-refractivity contribution in [2.45, 2.75) is 6.54 Å². The van der Waals surface area contributed by atoms with E-state index in [0.717, 1.165) is 11.8 Å². The largest absolute Gasteiger partial charge is 0.321 e. The maximum atomic E-state index is 13.1. The van der Waals surface area contributed by atoms with E-state index < -0.39 is 11.6 Å². The van der Waals surface area contributed by atoms with Crippen LogP contribution >= 0.6 is 11.6 Å². The Morgan fingerprint density at radius 1 is 1.06 bits per heavy atom. The van der Waals surface area contributed by atoms with Gasteiger partial charge in [-0.15, -0.1) is 0 Å². The highest BCUT2D eigenvalue weighted by Gasteiger charge is 2.08. The molecule has 0 heterocycles. The van der Waals surface area contributed by atoms with Crippen molar-refractivity contribution in [3.63, 3.8) is 0 Å². The summed E-state index contributed by atoms with van der Waals surface area (Å²) in [5.74, 6) is -1.96. The fraction of sp³-hybridized carbons (Fsp3) is 0.0769. The third-order valence-corrected chi connectivity index (χ3v) is 2.62. The minimum atomic E-state index is -1.02. The number of hydrogen-bond donors (Lipinski definition) is 2. The van der Waals surface area contributed by atoms with Crippen LogP contribution in [0.1, 0.15) is 5.56 Å². The molecule has 2 rings (SSSR count). The third-order valence-electron chi connectivity index (χ3n) is 2.34. The topological polar surface area (TPSA) is 24.1 Å². The Morgan fingerprint density at radius 3 is 2.44 bits per heavy atom. The number of anilines is 1. The van der Waals surface area contributed by atoms with E-state index in [9.17, 15) is 8.78 Å². The molecule has 0 bridgehead atoms. The lowest BCUT2D eigenvalue weighted by Gasteiger charge is -2.09. The van der Waals surface area contributed by atoms with E-state index in [1.54, 1.807) is 0 Å². The molecular formula is C13H11ClF2N2. The number of benzene rings is 2. The van der Waals surface area contributed by atoms with Gasteiger partial charge in [0, 0.05) is 12.2 Å². The van der Waals surface area contributed by atoms with Crippen LogP contribution in [0.25, 0.3) is 0 Å². The van der Waals surface area contributed by atoms with Crippen molar-refractivity contribution in [2.75, 3.05) is 5.43 Å². The Labute approximate surface area is 109 Å². The summed E-state index contributed by atoms with van der Waals surface area (Å²) < 4.78 is 26.0. The summed E-state index contributed by atoms with van der Waals surface area (Å²) >= 11 is 5.55. The fourth-order valence-electron chi connectivity index (χ4n) is 1.48. The molecule has 0 aliphatic rings. The molecule has 2 nitrogen and oxygen atoms in total. The van der Waals surface area contributed by atoms with Gasteiger partial charge in [0.15, 0.2) is 11.6 Å². The predicted octanol–water partition coefficient (Wildman–Crippen LogP) is 3.73. The zero-order chi connectivity index (χ0) is 13.0. The predicted molar refractivity (Wildman–Crippen MR) is 68.3 cm³/mol. The highest BCUT2D eigenvalue weighted by atomic mass is 35.5. The van der Waals surface area contributed by atoms with Gasteiger partial charge in [-0.1, -0.05) is 29.8 Å². The summed E-state index contributed by atoms with van der Waals surface area (Å²) in [6, 6.07) is 11.9. The van der Waals surface area contributed by atoms with Crippen molar-refractivity contribution in [1.82, 2.24) is 5.43 Å². The molecule has 0 atom stereocenters. The molecule has 0 saturated heterocycles. The van der Waals surface area contributed by atoms with Gasteiger partial charge in [0.1, 0.15) is 0 Å². The number of hydrogen-bond acceptors (Lipinski definition) is 2. The summed E-state index contributed by atoms with van der Waals surface area (Å²) in [7, 11) is 0. The van der Waals surface area contributed by atoms with E-state index in [0.29, 0.717) is 12.1 Å². The van der Waals surface area contributed by atoms with Crippen LogP contribution in [0.4, 0.5) is 14.5 Å². The summed E-state index contributed by atoms with van der Waals surface area (Å²) in [5, 5.41) is -0.216. The molecular weight excluding hydrogens is 258 g/mol. The Morgan fingerprint density at radius 2 is 1.78 bits per heavy atom. The maximum Gasteiger partial charge on any atom is 0.177 e. The molecule has 0 saturated carbocycles. The zero-order valence-corrected chi connectivity index (χ0v) is 10.1. The summed E-state index contributed by atoms with van der Waals surface area (Å²) in [5.41, 5.74) is 7.27. The lowest BCUT2D eigenvalue weighted by atomic mass is 10.2. The summed E-state index contributed by atoms with van der Waals surface area (Å²) in [6.45, 7) is 0.325. The monoisotopic (exact) mass is 268 g/mol. The van der Waals surface area contributed by atoms with Gasteiger partial charge in [0.25, 0.3) is 0 Å². The second-order valence-electron chi connectivity index (χ2n) is 3.72. The molecule has 94 valence electrons. The van der Waals surface area contributed by atoms with Crippen LogP contribution < -0.4 is 10.9 Å². The normalized spacial score (nSPS) is 10.4. The average molecular weight is 269 g/mol. The molecule has 2 N–H and O–H groups in total. The van der Waals surface area contributed by atoms with Gasteiger partial charge in [0.2, 0.25) is 0 Å². The van der Waals surface area contributed by atoms with Crippen LogP contribution in [0.5, 0.6) is 0 Å². The lowest BCUT2D eigenvalue weighted by molar-refractivity contribution is 0.507. The van der Waals surface area contributed by atoms with Crippen molar-refractivity contribution < 1.29 is 8.78 Å². The van der Waals surface area contributed by atoms with Crippen molar-refractivity contribution >= 4 is 17.3 Å². The third kappa shape index (κ3) is 3.18. The molecule has 5 heteroatoms. The average Bonchev–Trinajstić information content (AvgIpc) is 2.37. The van der Waals surface area contributed by atoms with Gasteiger partial charge in [-0.05, 0) is 29.8 Å². The smallest absolute Gasteiger partial charge is 0.177 e. The Kier molecular flexibility index (Phi) is 4.12. The van der Waals surface area contributed by atoms with Crippen molar-refractivity contribution in [3.05, 3.63) is 64.7 Å². The van der Waals surface area contributed by atoms with Crippen molar-refractivity contribution in [1.29, 1.82) is 0 Å². The van der Waals surface area contributed by atoms with Crippen LogP contribution in [0.2, 0.25) is 5.02 Å². The van der Waals surface area contributed by atoms with E-state index in [1.165, 1.54) is 6.07 Å². The molecule has 0 aliphatic carbocycles. The van der Waals surface area contributed by atoms with Gasteiger partial charge in [0.05, 0.1) is 5.02 Å². The zero-order valence-electron chi connectivity index (χ0n) is 9.38. The minimum Gasteiger partial charge on any atom is -0.321 e. The number of nitrogens with one attached hydrogen (secondary N) is 2. The molecule has 0 aliphatic heterocycles. The minimum absolute atomic E-state index is 0.216. The SMILES string of the molecule is Fc1cc(CNNc2ccccc2)cc(Cl)c1F. The summed E-state index contributed by atoms with van der Waals surface area (Å²) in [6.07, 6.45) is 0. The van der Waals surface area contributed by atoms with Crippen molar-refractivity contribution in [3.8, 4) is 0 Å². The van der Waals surface area contributed by atoms with Crippen LogP contribution in [0.3, 0.4) is 0 Å². The Balaban J connectivity index is 1.95. The second kappa shape index (κ2) is 5.80. The van der Waals surface area contributed by atoms with Gasteiger partial charge in [-0.25, -0.2) is 14.2 Å². The van der Waals surface area contributed by atoms with E-state index in [-0.39, 0.29) is 5.02 Å². The summed E-state index contributed by atoms with van der Waals surface area (Å²) in [4.78, 5) is 0. The van der Waals surface area contributed by atoms with Gasteiger partial charge in [-0.2, -0.15) is 0 Å². The van der Waals surface area contributed by atoms with Crippen LogP contribution in [0.15, 0.2) is 42.5 Å². The van der Waals surface area contributed by atoms with Crippen LogP contribution in [-0.4, -0.2) is 0 Å². The fourth-order valence-corrected chi connectivity index (χ4v) is 1.71. The van der Waals surface area contributed by atoms with Crippen LogP contribution in [-0.2, 0) is 6.54 Å². The van der Waals surface area contributed by atoms with Crippen LogP contribution in [0, 0.1) is 11.6 Å². The second-order valence-corrected chi connectivity index (χ2v) is 4.13. The van der Waals surface area contributed by atoms with Gasteiger partial charge in [-0.3, -0.25) is 0 Å². The first-order valence-electron chi connectivity index (χ1n) is 5.34. The number of halogens is 3. The highest BCUT2D eigenvalue weighted by molar-refractivity contribution is 6.30. The standard InChI is InChI=1S/C13H11ClF2N2/c14-11-6-9(7-12(15)13(11)16)8-17-18-10-4-2-1-3-5-10/h1-7,17-18H,8H2. The first kappa shape index (κ1) is 12.8. The molecule has 0 unspecified atom stereocenters. The molecule has 0 spiro atoms. The first-order valence-corrected chi connectivity index (χ1v) is 5.72. The maximum absolute atomic E-state index is 13.1. The Hall–Kier alpha value is -1.65. The first-order chi connectivity index (χ1) is 8.66. The molecule has 0 fully saturated rings. The van der Waals surface area contributed by atoms with Gasteiger partial charge >= 0.3 is 0 Å². The molecule has 0 aromatic heterocycles. The molecule has 2 aromatic rings. The van der Waals surface area contributed by atoms with Crippen molar-refractivity contribution in [2.24, 2.45) is 0 Å². The number of hydrazine groups is 1. The van der Waals surface area contributed by atoms with E-state index in [4.69, 9.17) is 11.6 Å². The quantitative estimate of drug-likeness (QED) is 0.652. The molecule has 0 amide bonds. The van der Waals surface area contributed by atoms with E-state index >= 15 is 0 Å². The van der Waals surface area contributed by atoms with Gasteiger partial charge < -0.3 is 5.43 Å². The Bertz CT molecular complexity index is 509.